The highest BCUT2D eigenvalue weighted by Gasteiger charge is 2.33. The van der Waals surface area contributed by atoms with Crippen LogP contribution in [0.1, 0.15) is 41.6 Å². The van der Waals surface area contributed by atoms with Crippen molar-refractivity contribution in [2.75, 3.05) is 26.2 Å². The Morgan fingerprint density at radius 3 is 2.27 bits per heavy atom. The number of carbonyl (C=O) groups excluding carboxylic acids is 2. The topological polar surface area (TPSA) is 40.6 Å². The third-order valence-electron chi connectivity index (χ3n) is 6.44. The third-order valence-corrected chi connectivity index (χ3v) is 6.44. The van der Waals surface area contributed by atoms with Gasteiger partial charge in [0.2, 0.25) is 5.91 Å². The van der Waals surface area contributed by atoms with Crippen LogP contribution in [0.4, 0.5) is 4.39 Å². The molecule has 158 valence electrons. The van der Waals surface area contributed by atoms with Crippen LogP contribution in [0.2, 0.25) is 0 Å². The molecule has 0 spiro atoms. The highest BCUT2D eigenvalue weighted by atomic mass is 19.1. The quantitative estimate of drug-likeness (QED) is 0.762. The minimum atomic E-state index is -0.353. The van der Waals surface area contributed by atoms with E-state index < -0.39 is 0 Å². The predicted octanol–water partition coefficient (Wildman–Crippen LogP) is 4.16. The van der Waals surface area contributed by atoms with E-state index in [1.165, 1.54) is 29.8 Å². The lowest BCUT2D eigenvalue weighted by atomic mass is 9.89. The van der Waals surface area contributed by atoms with Gasteiger partial charge in [-0.2, -0.15) is 0 Å². The second-order valence-electron chi connectivity index (χ2n) is 8.56. The lowest BCUT2D eigenvalue weighted by Gasteiger charge is -2.38. The van der Waals surface area contributed by atoms with Gasteiger partial charge in [0.15, 0.2) is 0 Å². The molecule has 5 heteroatoms. The highest BCUT2D eigenvalue weighted by molar-refractivity contribution is 5.94. The van der Waals surface area contributed by atoms with E-state index in [0.717, 1.165) is 45.2 Å². The molecule has 2 aromatic carbocycles. The van der Waals surface area contributed by atoms with Crippen molar-refractivity contribution >= 4 is 11.8 Å². The molecule has 0 radical (unpaired) electrons. The van der Waals surface area contributed by atoms with E-state index in [1.807, 2.05) is 11.0 Å². The minimum absolute atomic E-state index is 0.117. The van der Waals surface area contributed by atoms with Crippen molar-refractivity contribution in [3.63, 3.8) is 0 Å². The molecule has 2 aromatic rings. The Kier molecular flexibility index (Phi) is 6.46. The number of amides is 2. The predicted molar refractivity (Wildman–Crippen MR) is 114 cm³/mol. The Morgan fingerprint density at radius 2 is 1.57 bits per heavy atom. The molecular formula is C25H29FN2O2. The van der Waals surface area contributed by atoms with Gasteiger partial charge in [0.25, 0.3) is 5.91 Å². The molecule has 2 amide bonds. The molecule has 2 heterocycles. The van der Waals surface area contributed by atoms with Gasteiger partial charge in [-0.05, 0) is 67.9 Å². The Morgan fingerprint density at radius 1 is 0.867 bits per heavy atom. The Balaban J connectivity index is 1.30. The second-order valence-corrected chi connectivity index (χ2v) is 8.56. The summed E-state index contributed by atoms with van der Waals surface area (Å²) in [6.07, 6.45) is 4.80. The maximum absolute atomic E-state index is 13.1. The molecule has 0 aromatic heterocycles. The minimum Gasteiger partial charge on any atom is -0.342 e. The van der Waals surface area contributed by atoms with E-state index in [-0.39, 0.29) is 23.5 Å². The standard InChI is InChI=1S/C25H29FN2O2/c26-23-10-8-21(9-11-23)24(29)28-14-4-7-22(18-28)25(30)27-15-12-20(13-16-27)17-19-5-2-1-3-6-19/h1-3,5-6,8-11,20,22H,4,7,12-18H2. The molecule has 1 unspecified atom stereocenters. The van der Waals surface area contributed by atoms with Crippen LogP contribution in [-0.4, -0.2) is 47.8 Å². The van der Waals surface area contributed by atoms with Gasteiger partial charge < -0.3 is 9.80 Å². The van der Waals surface area contributed by atoms with Crippen molar-refractivity contribution in [1.29, 1.82) is 0 Å². The van der Waals surface area contributed by atoms with Crippen LogP contribution in [0, 0.1) is 17.7 Å². The van der Waals surface area contributed by atoms with Crippen LogP contribution < -0.4 is 0 Å². The summed E-state index contributed by atoms with van der Waals surface area (Å²) in [6, 6.07) is 16.2. The molecule has 2 aliphatic rings. The Labute approximate surface area is 177 Å². The van der Waals surface area contributed by atoms with Crippen molar-refractivity contribution in [3.05, 3.63) is 71.5 Å². The molecule has 4 nitrogen and oxygen atoms in total. The summed E-state index contributed by atoms with van der Waals surface area (Å²) in [7, 11) is 0. The van der Waals surface area contributed by atoms with Crippen LogP contribution in [-0.2, 0) is 11.2 Å². The molecule has 0 bridgehead atoms. The molecule has 30 heavy (non-hydrogen) atoms. The summed E-state index contributed by atoms with van der Waals surface area (Å²) in [5.74, 6) is 0.209. The van der Waals surface area contributed by atoms with Crippen LogP contribution >= 0.6 is 0 Å². The summed E-state index contributed by atoms with van der Waals surface area (Å²) < 4.78 is 13.1. The molecule has 2 aliphatic heterocycles. The van der Waals surface area contributed by atoms with Gasteiger partial charge in [0, 0.05) is 31.7 Å². The molecule has 2 fully saturated rings. The van der Waals surface area contributed by atoms with Gasteiger partial charge in [-0.1, -0.05) is 30.3 Å². The van der Waals surface area contributed by atoms with Crippen molar-refractivity contribution in [3.8, 4) is 0 Å². The van der Waals surface area contributed by atoms with Crippen molar-refractivity contribution in [2.24, 2.45) is 11.8 Å². The van der Waals surface area contributed by atoms with Crippen molar-refractivity contribution in [2.45, 2.75) is 32.1 Å². The van der Waals surface area contributed by atoms with Gasteiger partial charge in [-0.25, -0.2) is 4.39 Å². The summed E-state index contributed by atoms with van der Waals surface area (Å²) in [5, 5.41) is 0. The molecule has 0 saturated carbocycles. The number of hydrogen-bond donors (Lipinski definition) is 0. The van der Waals surface area contributed by atoms with E-state index in [1.54, 1.807) is 4.90 Å². The number of hydrogen-bond acceptors (Lipinski definition) is 2. The fourth-order valence-electron chi connectivity index (χ4n) is 4.70. The number of likely N-dealkylation sites (tertiary alicyclic amines) is 2. The largest absolute Gasteiger partial charge is 0.342 e. The molecule has 2 saturated heterocycles. The average Bonchev–Trinajstić information content (AvgIpc) is 2.80. The molecule has 0 N–H and O–H groups in total. The van der Waals surface area contributed by atoms with Gasteiger partial charge in [-0.3, -0.25) is 9.59 Å². The van der Waals surface area contributed by atoms with Crippen LogP contribution in [0.3, 0.4) is 0 Å². The van der Waals surface area contributed by atoms with E-state index in [9.17, 15) is 14.0 Å². The zero-order valence-electron chi connectivity index (χ0n) is 17.3. The Hall–Kier alpha value is -2.69. The average molecular weight is 409 g/mol. The SMILES string of the molecule is O=C(c1ccc(F)cc1)N1CCCC(C(=O)N2CCC(Cc3ccccc3)CC2)C1. The van der Waals surface area contributed by atoms with E-state index >= 15 is 0 Å². The lowest BCUT2D eigenvalue weighted by Crippen LogP contribution is -2.48. The van der Waals surface area contributed by atoms with E-state index in [4.69, 9.17) is 0 Å². The number of piperidine rings is 2. The fraction of sp³-hybridized carbons (Fsp3) is 0.440. The van der Waals surface area contributed by atoms with Gasteiger partial charge >= 0.3 is 0 Å². The Bertz CT molecular complexity index is 860. The molecular weight excluding hydrogens is 379 g/mol. The summed E-state index contributed by atoms with van der Waals surface area (Å²) in [4.78, 5) is 29.6. The summed E-state index contributed by atoms with van der Waals surface area (Å²) in [5.41, 5.74) is 1.84. The van der Waals surface area contributed by atoms with E-state index in [2.05, 4.69) is 24.3 Å². The zero-order valence-corrected chi connectivity index (χ0v) is 17.3. The maximum atomic E-state index is 13.1. The fourth-order valence-corrected chi connectivity index (χ4v) is 4.70. The number of rotatable bonds is 4. The molecule has 0 aliphatic carbocycles. The van der Waals surface area contributed by atoms with Crippen LogP contribution in [0.25, 0.3) is 0 Å². The van der Waals surface area contributed by atoms with Gasteiger partial charge in [-0.15, -0.1) is 0 Å². The molecule has 1 atom stereocenters. The first-order chi connectivity index (χ1) is 14.6. The van der Waals surface area contributed by atoms with Crippen molar-refractivity contribution < 1.29 is 14.0 Å². The first kappa shape index (κ1) is 20.6. The number of halogens is 1. The smallest absolute Gasteiger partial charge is 0.253 e. The van der Waals surface area contributed by atoms with Crippen molar-refractivity contribution in [1.82, 2.24) is 9.80 Å². The highest BCUT2D eigenvalue weighted by Crippen LogP contribution is 2.26. The number of benzene rings is 2. The first-order valence-corrected chi connectivity index (χ1v) is 11.0. The summed E-state index contributed by atoms with van der Waals surface area (Å²) >= 11 is 0. The van der Waals surface area contributed by atoms with Gasteiger partial charge in [0.1, 0.15) is 5.82 Å². The van der Waals surface area contributed by atoms with E-state index in [0.29, 0.717) is 24.6 Å². The van der Waals surface area contributed by atoms with Gasteiger partial charge in [0.05, 0.1) is 5.92 Å². The number of carbonyl (C=O) groups is 2. The first-order valence-electron chi connectivity index (χ1n) is 11.0. The van der Waals surface area contributed by atoms with Crippen LogP contribution in [0.15, 0.2) is 54.6 Å². The van der Waals surface area contributed by atoms with Crippen LogP contribution in [0.5, 0.6) is 0 Å². The number of nitrogens with zero attached hydrogens (tertiary/aromatic N) is 2. The normalized spacial score (nSPS) is 20.2. The lowest BCUT2D eigenvalue weighted by molar-refractivity contribution is -0.138. The summed E-state index contributed by atoms with van der Waals surface area (Å²) in [6.45, 7) is 2.72. The second kappa shape index (κ2) is 9.41. The maximum Gasteiger partial charge on any atom is 0.253 e. The zero-order chi connectivity index (χ0) is 20.9. The monoisotopic (exact) mass is 408 g/mol. The third kappa shape index (κ3) is 4.89. The molecule has 4 rings (SSSR count).